The molecule has 4 heterocycles. The fourth-order valence-electron chi connectivity index (χ4n) is 3.03. The number of fused-ring (bicyclic) bond motifs is 1. The molecule has 6 nitrogen and oxygen atoms in total. The van der Waals surface area contributed by atoms with Crippen LogP contribution in [0, 0.1) is 6.92 Å². The summed E-state index contributed by atoms with van der Waals surface area (Å²) < 4.78 is 6.64. The van der Waals surface area contributed by atoms with Crippen molar-refractivity contribution in [2.45, 2.75) is 19.9 Å². The first-order valence-corrected chi connectivity index (χ1v) is 9.93. The number of carbonyl (C=O) groups excluding carboxylic acids is 2. The molecule has 4 rings (SSSR count). The smallest absolute Gasteiger partial charge is 0.276 e. The van der Waals surface area contributed by atoms with Crippen molar-refractivity contribution in [1.29, 1.82) is 0 Å². The van der Waals surface area contributed by atoms with E-state index < -0.39 is 0 Å². The normalized spacial score (nSPS) is 16.7. The van der Waals surface area contributed by atoms with Gasteiger partial charge in [0.1, 0.15) is 10.7 Å². The minimum Gasteiger partial charge on any atom is -0.338 e. The third kappa shape index (κ3) is 2.94. The Morgan fingerprint density at radius 2 is 2.19 bits per heavy atom. The van der Waals surface area contributed by atoms with Crippen LogP contribution in [0.5, 0.6) is 0 Å². The van der Waals surface area contributed by atoms with Crippen molar-refractivity contribution in [1.82, 2.24) is 8.94 Å². The first-order valence-electron chi connectivity index (χ1n) is 7.96. The van der Waals surface area contributed by atoms with E-state index in [0.29, 0.717) is 27.1 Å². The second kappa shape index (κ2) is 6.53. The lowest BCUT2D eigenvalue weighted by molar-refractivity contribution is 0.0943. The summed E-state index contributed by atoms with van der Waals surface area (Å²) in [6.45, 7) is 4.42. The van der Waals surface area contributed by atoms with Crippen LogP contribution in [-0.4, -0.2) is 27.3 Å². The molecule has 0 radical (unpaired) electrons. The number of nitrogens with zero attached hydrogens (tertiary/aromatic N) is 3. The number of anilines is 2. The number of nitrogens with one attached hydrogen (secondary N) is 1. The molecule has 1 aliphatic heterocycles. The molecule has 1 atom stereocenters. The Hall–Kier alpha value is -2.16. The molecule has 0 spiro atoms. The summed E-state index contributed by atoms with van der Waals surface area (Å²) in [4.78, 5) is 27.5. The van der Waals surface area contributed by atoms with E-state index in [1.807, 2.05) is 24.5 Å². The van der Waals surface area contributed by atoms with Gasteiger partial charge in [0.05, 0.1) is 20.6 Å². The molecule has 9 heteroatoms. The summed E-state index contributed by atoms with van der Waals surface area (Å²) in [5.41, 5.74) is 1.60. The fraction of sp³-hybridized carbons (Fsp3) is 0.235. The summed E-state index contributed by atoms with van der Waals surface area (Å²) in [6, 6.07) is 7.15. The highest BCUT2D eigenvalue weighted by Gasteiger charge is 2.34. The molecule has 3 aromatic rings. The molecular weight excluding hydrogens is 392 g/mol. The van der Waals surface area contributed by atoms with E-state index in [9.17, 15) is 9.59 Å². The van der Waals surface area contributed by atoms with Gasteiger partial charge in [0.15, 0.2) is 0 Å². The lowest BCUT2D eigenvalue weighted by Gasteiger charge is -2.32. The Labute approximate surface area is 163 Å². The molecule has 3 aromatic heterocycles. The zero-order chi connectivity index (χ0) is 18.4. The quantitative estimate of drug-likeness (QED) is 0.699. The molecule has 0 unspecified atom stereocenters. The fourth-order valence-corrected chi connectivity index (χ4v) is 4.72. The van der Waals surface area contributed by atoms with E-state index in [4.69, 9.17) is 11.6 Å². The maximum Gasteiger partial charge on any atom is 0.276 e. The third-order valence-electron chi connectivity index (χ3n) is 4.22. The highest BCUT2D eigenvalue weighted by Crippen LogP contribution is 2.35. The predicted octanol–water partition coefficient (Wildman–Crippen LogP) is 4.44. The van der Waals surface area contributed by atoms with E-state index in [0.717, 1.165) is 10.7 Å². The summed E-state index contributed by atoms with van der Waals surface area (Å²) >= 11 is 8.59. The van der Waals surface area contributed by atoms with E-state index in [-0.39, 0.29) is 17.9 Å². The number of aryl methyl sites for hydroxylation is 1. The zero-order valence-corrected chi connectivity index (χ0v) is 16.4. The van der Waals surface area contributed by atoms with Gasteiger partial charge in [-0.25, -0.2) is 0 Å². The number of hydrogen-bond acceptors (Lipinski definition) is 5. The molecule has 1 N–H and O–H groups in total. The molecule has 0 saturated carbocycles. The van der Waals surface area contributed by atoms with Crippen LogP contribution in [-0.2, 0) is 0 Å². The molecule has 0 aliphatic carbocycles. The average molecular weight is 407 g/mol. The summed E-state index contributed by atoms with van der Waals surface area (Å²) in [6.07, 6.45) is 1.80. The molecule has 0 aromatic carbocycles. The van der Waals surface area contributed by atoms with Gasteiger partial charge in [-0.15, -0.1) is 11.3 Å². The second-order valence-corrected chi connectivity index (χ2v) is 8.61. The van der Waals surface area contributed by atoms with Gasteiger partial charge < -0.3 is 9.88 Å². The Bertz CT molecular complexity index is 1010. The van der Waals surface area contributed by atoms with Crippen LogP contribution in [0.1, 0.15) is 39.5 Å². The van der Waals surface area contributed by atoms with E-state index in [2.05, 4.69) is 9.69 Å². The highest BCUT2D eigenvalue weighted by molar-refractivity contribution is 7.20. The van der Waals surface area contributed by atoms with Crippen molar-refractivity contribution in [2.24, 2.45) is 0 Å². The monoisotopic (exact) mass is 406 g/mol. The topological polar surface area (TPSA) is 67.2 Å². The number of carbonyl (C=O) groups is 2. The molecule has 1 aliphatic rings. The predicted molar refractivity (Wildman–Crippen MR) is 105 cm³/mol. The number of thiophene rings is 1. The van der Waals surface area contributed by atoms with Crippen LogP contribution in [0.3, 0.4) is 0 Å². The van der Waals surface area contributed by atoms with Gasteiger partial charge in [0.25, 0.3) is 11.8 Å². The number of rotatable bonds is 3. The molecule has 2 amide bonds. The minimum absolute atomic E-state index is 0.0516. The minimum atomic E-state index is -0.311. The van der Waals surface area contributed by atoms with Crippen molar-refractivity contribution in [2.75, 3.05) is 16.8 Å². The van der Waals surface area contributed by atoms with Crippen LogP contribution in [0.4, 0.5) is 10.0 Å². The van der Waals surface area contributed by atoms with E-state index in [1.54, 1.807) is 29.3 Å². The van der Waals surface area contributed by atoms with Gasteiger partial charge >= 0.3 is 0 Å². The van der Waals surface area contributed by atoms with Crippen LogP contribution in [0.15, 0.2) is 30.5 Å². The van der Waals surface area contributed by atoms with Gasteiger partial charge in [0, 0.05) is 18.8 Å². The van der Waals surface area contributed by atoms with Crippen molar-refractivity contribution < 1.29 is 9.59 Å². The SMILES string of the molecule is Cc1cc(NC(=O)c2ccn3c2C(=O)N(c2ccc(Cl)s2)C[C@@H]3C)sn1. The molecule has 0 fully saturated rings. The number of hydrogen-bond donors (Lipinski definition) is 1. The van der Waals surface area contributed by atoms with Gasteiger partial charge in [-0.2, -0.15) is 4.37 Å². The number of aromatic nitrogens is 2. The summed E-state index contributed by atoms with van der Waals surface area (Å²) in [5, 5.41) is 4.26. The van der Waals surface area contributed by atoms with Gasteiger partial charge in [-0.1, -0.05) is 11.6 Å². The van der Waals surface area contributed by atoms with E-state index >= 15 is 0 Å². The molecular formula is C17H15ClN4O2S2. The van der Waals surface area contributed by atoms with Crippen LogP contribution in [0.25, 0.3) is 0 Å². The van der Waals surface area contributed by atoms with E-state index in [1.165, 1.54) is 22.9 Å². The Kier molecular flexibility index (Phi) is 4.34. The number of halogens is 1. The average Bonchev–Trinajstić information content (AvgIpc) is 3.31. The van der Waals surface area contributed by atoms with Crippen LogP contribution in [0.2, 0.25) is 4.34 Å². The van der Waals surface area contributed by atoms with Crippen LogP contribution >= 0.6 is 34.5 Å². The molecule has 0 saturated heterocycles. The lowest BCUT2D eigenvalue weighted by Crippen LogP contribution is -2.42. The standard InChI is InChI=1S/C17H15ClN4O2S2/c1-9-7-13(26-20-9)19-16(23)11-5-6-21-10(2)8-22(17(24)15(11)21)14-4-3-12(18)25-14/h3-7,10H,8H2,1-2H3,(H,19,23)/t10-/m0/s1. The van der Waals surface area contributed by atoms with Gasteiger partial charge in [0.2, 0.25) is 0 Å². The van der Waals surface area contributed by atoms with Crippen molar-refractivity contribution >= 4 is 56.3 Å². The number of amides is 2. The Balaban J connectivity index is 1.68. The van der Waals surface area contributed by atoms with Gasteiger partial charge in [-0.3, -0.25) is 14.5 Å². The Morgan fingerprint density at radius 3 is 2.85 bits per heavy atom. The molecule has 0 bridgehead atoms. The first kappa shape index (κ1) is 17.3. The summed E-state index contributed by atoms with van der Waals surface area (Å²) in [5.74, 6) is -0.508. The maximum absolute atomic E-state index is 13.1. The van der Waals surface area contributed by atoms with Gasteiger partial charge in [-0.05, 0) is 49.6 Å². The van der Waals surface area contributed by atoms with Crippen molar-refractivity contribution in [3.05, 3.63) is 51.7 Å². The lowest BCUT2D eigenvalue weighted by atomic mass is 10.1. The first-order chi connectivity index (χ1) is 12.4. The zero-order valence-electron chi connectivity index (χ0n) is 14.0. The largest absolute Gasteiger partial charge is 0.338 e. The highest BCUT2D eigenvalue weighted by atomic mass is 35.5. The Morgan fingerprint density at radius 1 is 1.38 bits per heavy atom. The third-order valence-corrected chi connectivity index (χ3v) is 6.27. The van der Waals surface area contributed by atoms with Crippen molar-refractivity contribution in [3.63, 3.8) is 0 Å². The maximum atomic E-state index is 13.1. The van der Waals surface area contributed by atoms with Crippen LogP contribution < -0.4 is 10.2 Å². The second-order valence-electron chi connectivity index (χ2n) is 6.11. The van der Waals surface area contributed by atoms with Crippen molar-refractivity contribution in [3.8, 4) is 0 Å². The summed E-state index contributed by atoms with van der Waals surface area (Å²) in [7, 11) is 0. The molecule has 26 heavy (non-hydrogen) atoms. The molecule has 134 valence electrons.